The molecule has 0 aliphatic carbocycles. The zero-order valence-corrected chi connectivity index (χ0v) is 15.7. The Morgan fingerprint density at radius 2 is 2.00 bits per heavy atom. The van der Waals surface area contributed by atoms with E-state index in [-0.39, 0.29) is 17.6 Å². The second-order valence-corrected chi connectivity index (χ2v) is 7.03. The van der Waals surface area contributed by atoms with Gasteiger partial charge in [-0.3, -0.25) is 9.79 Å². The number of benzene rings is 1. The normalized spacial score (nSPS) is 18.0. The summed E-state index contributed by atoms with van der Waals surface area (Å²) in [6, 6.07) is 3.89. The third-order valence-corrected chi connectivity index (χ3v) is 4.55. The molecule has 0 aromatic heterocycles. The molecule has 1 aliphatic rings. The summed E-state index contributed by atoms with van der Waals surface area (Å²) in [5.41, 5.74) is -0.579. The number of anilines is 1. The summed E-state index contributed by atoms with van der Waals surface area (Å²) in [4.78, 5) is 17.7. The number of nitrogens with one attached hydrogen (secondary N) is 3. The minimum absolute atomic E-state index is 0.00307. The number of nitrogens with zero attached hydrogens (tertiary/aromatic N) is 2. The first-order valence-electron chi connectivity index (χ1n) is 8.67. The Morgan fingerprint density at radius 3 is 2.58 bits per heavy atom. The SMILES string of the molecule is CN=C(NCC(C)(C)C(=O)NC)NC1CCN(c2c(F)cccc2F)C1. The largest absolute Gasteiger partial charge is 0.365 e. The number of hydrogen-bond donors (Lipinski definition) is 3. The zero-order valence-electron chi connectivity index (χ0n) is 15.7. The topological polar surface area (TPSA) is 68.8 Å². The molecule has 6 nitrogen and oxygen atoms in total. The highest BCUT2D eigenvalue weighted by molar-refractivity contribution is 5.84. The number of rotatable bonds is 5. The lowest BCUT2D eigenvalue weighted by atomic mass is 9.92. The highest BCUT2D eigenvalue weighted by atomic mass is 19.1. The van der Waals surface area contributed by atoms with Crippen LogP contribution in [-0.4, -0.2) is 51.6 Å². The van der Waals surface area contributed by atoms with Crippen LogP contribution in [0.3, 0.4) is 0 Å². The van der Waals surface area contributed by atoms with Crippen molar-refractivity contribution in [3.8, 4) is 0 Å². The predicted octanol–water partition coefficient (Wildman–Crippen LogP) is 1.48. The van der Waals surface area contributed by atoms with Crippen LogP contribution < -0.4 is 20.9 Å². The number of carbonyl (C=O) groups excluding carboxylic acids is 1. The van der Waals surface area contributed by atoms with Crippen molar-refractivity contribution in [2.45, 2.75) is 26.3 Å². The number of carbonyl (C=O) groups is 1. The smallest absolute Gasteiger partial charge is 0.227 e. The first-order chi connectivity index (χ1) is 12.3. The molecule has 1 aliphatic heterocycles. The van der Waals surface area contributed by atoms with Crippen LogP contribution in [-0.2, 0) is 4.79 Å². The molecule has 1 saturated heterocycles. The summed E-state index contributed by atoms with van der Waals surface area (Å²) in [6.45, 7) is 5.10. The Balaban J connectivity index is 1.93. The molecule has 1 amide bonds. The summed E-state index contributed by atoms with van der Waals surface area (Å²) in [6.07, 6.45) is 0.729. The third kappa shape index (κ3) is 4.62. The maximum atomic E-state index is 13.9. The van der Waals surface area contributed by atoms with Crippen molar-refractivity contribution in [1.82, 2.24) is 16.0 Å². The molecule has 3 N–H and O–H groups in total. The van der Waals surface area contributed by atoms with Gasteiger partial charge in [-0.15, -0.1) is 0 Å². The first kappa shape index (κ1) is 19.9. The van der Waals surface area contributed by atoms with Gasteiger partial charge in [0.2, 0.25) is 5.91 Å². The van der Waals surface area contributed by atoms with Crippen LogP contribution in [0.4, 0.5) is 14.5 Å². The van der Waals surface area contributed by atoms with Gasteiger partial charge >= 0.3 is 0 Å². The van der Waals surface area contributed by atoms with Crippen molar-refractivity contribution >= 4 is 17.6 Å². The van der Waals surface area contributed by atoms with E-state index in [2.05, 4.69) is 20.9 Å². The molecule has 1 heterocycles. The van der Waals surface area contributed by atoms with E-state index in [1.54, 1.807) is 19.0 Å². The monoisotopic (exact) mass is 367 g/mol. The van der Waals surface area contributed by atoms with Crippen molar-refractivity contribution in [1.29, 1.82) is 0 Å². The molecule has 0 spiro atoms. The number of halogens is 2. The van der Waals surface area contributed by atoms with Gasteiger partial charge in [-0.05, 0) is 32.4 Å². The summed E-state index contributed by atoms with van der Waals surface area (Å²) >= 11 is 0. The number of guanidine groups is 1. The lowest BCUT2D eigenvalue weighted by Crippen LogP contribution is -2.50. The predicted molar refractivity (Wildman–Crippen MR) is 99.3 cm³/mol. The Morgan fingerprint density at radius 1 is 1.35 bits per heavy atom. The van der Waals surface area contributed by atoms with Crippen LogP contribution in [0.2, 0.25) is 0 Å². The van der Waals surface area contributed by atoms with E-state index in [0.29, 0.717) is 25.6 Å². The summed E-state index contributed by atoms with van der Waals surface area (Å²) in [5, 5.41) is 9.03. The maximum Gasteiger partial charge on any atom is 0.227 e. The fourth-order valence-electron chi connectivity index (χ4n) is 2.98. The molecule has 0 radical (unpaired) electrons. The highest BCUT2D eigenvalue weighted by Crippen LogP contribution is 2.26. The van der Waals surface area contributed by atoms with Crippen molar-refractivity contribution < 1.29 is 13.6 Å². The maximum absolute atomic E-state index is 13.9. The number of para-hydroxylation sites is 1. The van der Waals surface area contributed by atoms with E-state index in [0.717, 1.165) is 6.42 Å². The molecule has 2 rings (SSSR count). The van der Waals surface area contributed by atoms with Crippen molar-refractivity contribution in [2.24, 2.45) is 10.4 Å². The second kappa shape index (κ2) is 8.33. The quantitative estimate of drug-likeness (QED) is 0.545. The lowest BCUT2D eigenvalue weighted by Gasteiger charge is -2.25. The van der Waals surface area contributed by atoms with Gasteiger partial charge in [0.1, 0.15) is 17.3 Å². The van der Waals surface area contributed by atoms with Gasteiger partial charge in [-0.2, -0.15) is 0 Å². The van der Waals surface area contributed by atoms with Crippen LogP contribution in [0.15, 0.2) is 23.2 Å². The van der Waals surface area contributed by atoms with Crippen molar-refractivity contribution in [3.63, 3.8) is 0 Å². The minimum Gasteiger partial charge on any atom is -0.365 e. The van der Waals surface area contributed by atoms with E-state index in [4.69, 9.17) is 0 Å². The van der Waals surface area contributed by atoms with Crippen LogP contribution in [0.1, 0.15) is 20.3 Å². The van der Waals surface area contributed by atoms with Gasteiger partial charge in [-0.1, -0.05) is 6.07 Å². The lowest BCUT2D eigenvalue weighted by molar-refractivity contribution is -0.128. The van der Waals surface area contributed by atoms with Crippen molar-refractivity contribution in [2.75, 3.05) is 38.6 Å². The van der Waals surface area contributed by atoms with Crippen LogP contribution >= 0.6 is 0 Å². The highest BCUT2D eigenvalue weighted by Gasteiger charge is 2.29. The molecule has 1 unspecified atom stereocenters. The third-order valence-electron chi connectivity index (χ3n) is 4.55. The first-order valence-corrected chi connectivity index (χ1v) is 8.67. The Labute approximate surface area is 153 Å². The van der Waals surface area contributed by atoms with E-state index in [1.165, 1.54) is 18.2 Å². The molecule has 0 saturated carbocycles. The fourth-order valence-corrected chi connectivity index (χ4v) is 2.98. The van der Waals surface area contributed by atoms with Gasteiger partial charge in [0.25, 0.3) is 0 Å². The minimum atomic E-state index is -0.593. The van der Waals surface area contributed by atoms with Gasteiger partial charge in [0.05, 0.1) is 5.41 Å². The number of hydrogen-bond acceptors (Lipinski definition) is 3. The molecule has 1 aromatic carbocycles. The second-order valence-electron chi connectivity index (χ2n) is 7.03. The van der Waals surface area contributed by atoms with Gasteiger partial charge in [0.15, 0.2) is 5.96 Å². The van der Waals surface area contributed by atoms with Crippen LogP contribution in [0.5, 0.6) is 0 Å². The summed E-state index contributed by atoms with van der Waals surface area (Å²) in [5.74, 6) is -0.619. The van der Waals surface area contributed by atoms with Gasteiger partial charge < -0.3 is 20.9 Å². The fraction of sp³-hybridized carbons (Fsp3) is 0.556. The average molecular weight is 367 g/mol. The summed E-state index contributed by atoms with van der Waals surface area (Å²) < 4.78 is 27.9. The molecule has 0 bridgehead atoms. The standard InChI is InChI=1S/C18H27F2N5O/c1-18(2,16(26)21-3)11-23-17(22-4)24-12-8-9-25(10-12)15-13(19)6-5-7-14(15)20/h5-7,12H,8-11H2,1-4H3,(H,21,26)(H2,22,23,24). The number of amides is 1. The average Bonchev–Trinajstić information content (AvgIpc) is 3.05. The van der Waals surface area contributed by atoms with Crippen LogP contribution in [0.25, 0.3) is 0 Å². The summed E-state index contributed by atoms with van der Waals surface area (Å²) in [7, 11) is 3.25. The Bertz CT molecular complexity index is 657. The molecule has 1 aromatic rings. The van der Waals surface area contributed by atoms with Gasteiger partial charge in [-0.25, -0.2) is 8.78 Å². The van der Waals surface area contributed by atoms with E-state index >= 15 is 0 Å². The Hall–Kier alpha value is -2.38. The molecule has 1 fully saturated rings. The molecule has 1 atom stereocenters. The zero-order chi connectivity index (χ0) is 19.3. The van der Waals surface area contributed by atoms with Crippen molar-refractivity contribution in [3.05, 3.63) is 29.8 Å². The van der Waals surface area contributed by atoms with Gasteiger partial charge in [0, 0.05) is 39.8 Å². The number of aliphatic imine (C=N–C) groups is 1. The Kier molecular flexibility index (Phi) is 6.39. The molecule has 8 heteroatoms. The van der Waals surface area contributed by atoms with E-state index in [1.807, 2.05) is 13.8 Å². The molecule has 26 heavy (non-hydrogen) atoms. The molecular weight excluding hydrogens is 340 g/mol. The molecule has 144 valence electrons. The van der Waals surface area contributed by atoms with Crippen LogP contribution in [0, 0.1) is 17.0 Å². The van der Waals surface area contributed by atoms with E-state index < -0.39 is 17.0 Å². The van der Waals surface area contributed by atoms with E-state index in [9.17, 15) is 13.6 Å². The molecular formula is C18H27F2N5O.